The number of anilines is 2. The van der Waals surface area contributed by atoms with Gasteiger partial charge in [-0.2, -0.15) is 0 Å². The fraction of sp³-hybridized carbons (Fsp3) is 0.207. The summed E-state index contributed by atoms with van der Waals surface area (Å²) < 4.78 is 16.5. The zero-order chi connectivity index (χ0) is 56.0. The maximum absolute atomic E-state index is 13.0. The predicted octanol–water partition coefficient (Wildman–Crippen LogP) is 6.44. The fourth-order valence-corrected chi connectivity index (χ4v) is 9.15. The van der Waals surface area contributed by atoms with E-state index in [0.717, 1.165) is 22.1 Å². The van der Waals surface area contributed by atoms with Crippen LogP contribution in [0.4, 0.5) is 11.4 Å². The smallest absolute Gasteiger partial charge is 0.363 e. The average molecular weight is 1060 g/mol. The summed E-state index contributed by atoms with van der Waals surface area (Å²) in [6, 6.07) is 30.7. The standard InChI is InChI=1S/2C29H25N3O7/c1-30(2)17-6-9-20-23(14-17)38-24-15-18(31(3)4)7-10-21(24)27(20)22-13-16(5-8-19(22)28(35)36)29(37)39-32-25(33)11-12-26(32)34;1-30(2)17-6-9-20-23(14-17)38-24-15-18(31(3)4)7-10-21(24)27(20)19-8-5-16(13-22(19)28(35)36)29(37)39-32-25(33)11-12-26(32)34/h2*5-10,13-15H,11-12H2,1-4H3/p+2. The van der Waals surface area contributed by atoms with Gasteiger partial charge in [0.25, 0.3) is 23.6 Å². The number of hydroxylamine groups is 4. The van der Waals surface area contributed by atoms with Crippen molar-refractivity contribution in [1.29, 1.82) is 0 Å². The molecule has 2 saturated heterocycles. The number of imide groups is 2. The largest absolute Gasteiger partial charge is 0.478 e. The van der Waals surface area contributed by atoms with Gasteiger partial charge in [-0.05, 0) is 77.9 Å². The van der Waals surface area contributed by atoms with Crippen molar-refractivity contribution >= 4 is 80.8 Å². The number of fused-ring (bicyclic) bond motifs is 4. The van der Waals surface area contributed by atoms with E-state index in [9.17, 15) is 48.6 Å². The number of hydrogen-bond donors (Lipinski definition) is 2. The van der Waals surface area contributed by atoms with E-state index in [1.165, 1.54) is 36.4 Å². The van der Waals surface area contributed by atoms with Crippen LogP contribution in [-0.4, -0.2) is 124 Å². The van der Waals surface area contributed by atoms with Crippen LogP contribution in [0.1, 0.15) is 67.1 Å². The van der Waals surface area contributed by atoms with E-state index in [1.807, 2.05) is 148 Å². The SMILES string of the molecule is CN(C)c1ccc2c(-c3cc(C(=O)ON4C(=O)CCC4=O)ccc3C(=O)O)c3ccc(=[N+](C)C)cc-3oc2c1.CN(C)c1ccc2c(-c3ccc(C(=O)ON4C(=O)CCC4=O)cc3C(=O)O)c3ccc(=[N+](C)C)cc-3oc2c1. The fourth-order valence-electron chi connectivity index (χ4n) is 9.15. The summed E-state index contributed by atoms with van der Waals surface area (Å²) >= 11 is 0. The van der Waals surface area contributed by atoms with E-state index >= 15 is 0 Å². The van der Waals surface area contributed by atoms with Gasteiger partial charge in [0.2, 0.25) is 10.7 Å². The van der Waals surface area contributed by atoms with E-state index in [2.05, 4.69) is 0 Å². The van der Waals surface area contributed by atoms with Gasteiger partial charge >= 0.3 is 23.9 Å². The summed E-state index contributed by atoms with van der Waals surface area (Å²) in [7, 11) is 15.3. The van der Waals surface area contributed by atoms with E-state index in [4.69, 9.17) is 18.5 Å². The molecule has 2 N–H and O–H groups in total. The first-order valence-corrected chi connectivity index (χ1v) is 24.4. The van der Waals surface area contributed by atoms with Crippen LogP contribution in [0, 0.1) is 0 Å². The van der Waals surface area contributed by atoms with Gasteiger partial charge in [-0.15, -0.1) is 10.1 Å². The van der Waals surface area contributed by atoms with Crippen molar-refractivity contribution in [2.24, 2.45) is 0 Å². The number of carboxylic acid groups (broad SMARTS) is 2. The van der Waals surface area contributed by atoms with Crippen LogP contribution >= 0.6 is 0 Å². The van der Waals surface area contributed by atoms with Crippen molar-refractivity contribution < 1.29 is 67.1 Å². The Morgan fingerprint density at radius 2 is 0.872 bits per heavy atom. The molecule has 4 amide bonds. The minimum Gasteiger partial charge on any atom is -0.478 e. The molecule has 0 unspecified atom stereocenters. The van der Waals surface area contributed by atoms with Crippen molar-refractivity contribution in [1.82, 2.24) is 19.3 Å². The second-order valence-corrected chi connectivity index (χ2v) is 19.3. The third-order valence-corrected chi connectivity index (χ3v) is 13.3. The lowest BCUT2D eigenvalue weighted by Crippen LogP contribution is -2.32. The summed E-state index contributed by atoms with van der Waals surface area (Å²) in [6.45, 7) is 0. The first kappa shape index (κ1) is 52.9. The molecular formula is C58H52N6O14+2. The number of aromatic carboxylic acids is 2. The summed E-state index contributed by atoms with van der Waals surface area (Å²) in [5.41, 5.74) is 5.72. The number of benzene rings is 6. The van der Waals surface area contributed by atoms with Gasteiger partial charge in [0.15, 0.2) is 0 Å². The van der Waals surface area contributed by atoms with Gasteiger partial charge in [-0.25, -0.2) is 28.3 Å². The molecule has 2 fully saturated rings. The molecule has 4 heterocycles. The molecule has 20 heteroatoms. The van der Waals surface area contributed by atoms with Crippen LogP contribution in [-0.2, 0) is 28.9 Å². The van der Waals surface area contributed by atoms with Gasteiger partial charge in [-0.3, -0.25) is 19.2 Å². The Morgan fingerprint density at radius 1 is 0.474 bits per heavy atom. The summed E-state index contributed by atoms with van der Waals surface area (Å²) in [4.78, 5) is 112. The third-order valence-electron chi connectivity index (χ3n) is 13.3. The van der Waals surface area contributed by atoms with Crippen LogP contribution in [0.25, 0.3) is 66.8 Å². The van der Waals surface area contributed by atoms with Gasteiger partial charge in [0.1, 0.15) is 50.9 Å². The Hall–Kier alpha value is -9.98. The van der Waals surface area contributed by atoms with Crippen LogP contribution in [0.3, 0.4) is 0 Å². The van der Waals surface area contributed by atoms with Crippen molar-refractivity contribution in [2.45, 2.75) is 25.7 Å². The quantitative estimate of drug-likeness (QED) is 0.0850. The monoisotopic (exact) mass is 1060 g/mol. The van der Waals surface area contributed by atoms with Crippen LogP contribution in [0.15, 0.2) is 118 Å². The van der Waals surface area contributed by atoms with E-state index in [0.29, 0.717) is 71.4 Å². The second kappa shape index (κ2) is 21.0. The molecule has 78 heavy (non-hydrogen) atoms. The lowest BCUT2D eigenvalue weighted by molar-refractivity contribution is -0.173. The van der Waals surface area contributed by atoms with Crippen LogP contribution in [0.5, 0.6) is 0 Å². The maximum atomic E-state index is 13.0. The Bertz CT molecular complexity index is 3940. The lowest BCUT2D eigenvalue weighted by Gasteiger charge is -2.19. The zero-order valence-electron chi connectivity index (χ0n) is 43.7. The number of hydrogen-bond acceptors (Lipinski definition) is 14. The van der Waals surface area contributed by atoms with Gasteiger partial charge in [0.05, 0.1) is 34.4 Å². The van der Waals surface area contributed by atoms with Crippen molar-refractivity contribution in [2.75, 3.05) is 66.2 Å². The van der Waals surface area contributed by atoms with Crippen LogP contribution < -0.4 is 29.7 Å². The van der Waals surface area contributed by atoms with Gasteiger partial charge in [-0.1, -0.05) is 6.07 Å². The van der Waals surface area contributed by atoms with Crippen molar-refractivity contribution in [3.8, 4) is 44.9 Å². The first-order valence-electron chi connectivity index (χ1n) is 24.4. The Balaban J connectivity index is 0.000000190. The molecule has 0 saturated carbocycles. The highest BCUT2D eigenvalue weighted by Gasteiger charge is 2.35. The van der Waals surface area contributed by atoms with Crippen molar-refractivity contribution in [3.05, 3.63) is 142 Å². The number of amides is 4. The van der Waals surface area contributed by atoms with Crippen LogP contribution in [0.2, 0.25) is 0 Å². The highest BCUT2D eigenvalue weighted by Crippen LogP contribution is 2.44. The third kappa shape index (κ3) is 10.1. The molecule has 0 radical (unpaired) electrons. The Morgan fingerprint density at radius 3 is 1.28 bits per heavy atom. The Labute approximate surface area is 444 Å². The normalized spacial score (nSPS) is 13.3. The van der Waals surface area contributed by atoms with Crippen molar-refractivity contribution in [3.63, 3.8) is 0 Å². The molecule has 10 rings (SSSR count). The molecule has 4 aromatic rings. The molecule has 20 nitrogen and oxygen atoms in total. The molecule has 6 aliphatic rings. The number of carbonyl (C=O) groups is 8. The van der Waals surface area contributed by atoms with Gasteiger partial charge in [0, 0.05) is 123 Å². The molecule has 0 aromatic heterocycles. The second-order valence-electron chi connectivity index (χ2n) is 19.3. The molecule has 0 spiro atoms. The minimum absolute atomic E-state index is 0.0144. The highest BCUT2D eigenvalue weighted by atomic mass is 16.7. The minimum atomic E-state index is -1.26. The predicted molar refractivity (Wildman–Crippen MR) is 286 cm³/mol. The molecule has 396 valence electrons. The molecular weight excluding hydrogens is 1000 g/mol. The van der Waals surface area contributed by atoms with E-state index < -0.39 is 47.5 Å². The number of nitrogens with zero attached hydrogens (tertiary/aromatic N) is 6. The molecule has 4 aromatic carbocycles. The molecule has 4 aliphatic heterocycles. The first-order chi connectivity index (χ1) is 37.1. The average Bonchev–Trinajstić information content (AvgIpc) is 4.07. The lowest BCUT2D eigenvalue weighted by atomic mass is 9.89. The number of carboxylic acids is 2. The highest BCUT2D eigenvalue weighted by molar-refractivity contribution is 6.11. The summed E-state index contributed by atoms with van der Waals surface area (Å²) in [5.74, 6) is -5.77. The summed E-state index contributed by atoms with van der Waals surface area (Å²) in [5, 5.41) is 24.3. The number of rotatable bonds is 10. The van der Waals surface area contributed by atoms with Gasteiger partial charge < -0.3 is 38.5 Å². The summed E-state index contributed by atoms with van der Waals surface area (Å²) in [6.07, 6.45) is -0.166. The van der Waals surface area contributed by atoms with E-state index in [1.54, 1.807) is 0 Å². The Kier molecular flexibility index (Phi) is 14.2. The molecule has 0 bridgehead atoms. The number of carbonyl (C=O) groups excluding carboxylic acids is 6. The topological polar surface area (TPSA) is 241 Å². The molecule has 0 atom stereocenters. The molecule has 2 aliphatic carbocycles. The zero-order valence-corrected chi connectivity index (χ0v) is 43.7. The van der Waals surface area contributed by atoms with E-state index in [-0.39, 0.29) is 53.5 Å². The maximum Gasteiger partial charge on any atom is 0.363 e.